The van der Waals surface area contributed by atoms with Gasteiger partial charge in [0, 0.05) is 43.0 Å². The Hall–Kier alpha value is -2.36. The van der Waals surface area contributed by atoms with Crippen LogP contribution in [0.25, 0.3) is 0 Å². The van der Waals surface area contributed by atoms with E-state index in [4.69, 9.17) is 0 Å². The van der Waals surface area contributed by atoms with Crippen molar-refractivity contribution in [3.63, 3.8) is 0 Å². The number of aryl methyl sites for hydroxylation is 1. The second kappa shape index (κ2) is 5.52. The summed E-state index contributed by atoms with van der Waals surface area (Å²) in [7, 11) is 5.94. The smallest absolute Gasteiger partial charge is 0.169 e. The van der Waals surface area contributed by atoms with Crippen molar-refractivity contribution in [3.05, 3.63) is 59.9 Å². The van der Waals surface area contributed by atoms with E-state index in [2.05, 4.69) is 5.16 Å². The van der Waals surface area contributed by atoms with Crippen LogP contribution in [0, 0.1) is 0 Å². The highest BCUT2D eigenvalue weighted by atomic mass is 16.4. The summed E-state index contributed by atoms with van der Waals surface area (Å²) in [4.78, 5) is 2.03. The van der Waals surface area contributed by atoms with Gasteiger partial charge in [0.25, 0.3) is 0 Å². The lowest BCUT2D eigenvalue weighted by molar-refractivity contribution is -0.671. The van der Waals surface area contributed by atoms with E-state index in [0.29, 0.717) is 5.71 Å². The van der Waals surface area contributed by atoms with Gasteiger partial charge in [-0.05, 0) is 12.1 Å². The van der Waals surface area contributed by atoms with E-state index in [-0.39, 0.29) is 0 Å². The Morgan fingerprint density at radius 2 is 1.53 bits per heavy atom. The summed E-state index contributed by atoms with van der Waals surface area (Å²) in [5.41, 5.74) is 3.46. The number of aromatic nitrogens is 1. The number of anilines is 1. The quantitative estimate of drug-likeness (QED) is 0.394. The lowest BCUT2D eigenvalue weighted by Gasteiger charge is -2.13. The van der Waals surface area contributed by atoms with Crippen molar-refractivity contribution in [1.29, 1.82) is 0 Å². The average molecular weight is 256 g/mol. The zero-order valence-electron chi connectivity index (χ0n) is 11.4. The highest BCUT2D eigenvalue weighted by Crippen LogP contribution is 2.15. The van der Waals surface area contributed by atoms with Crippen LogP contribution in [0.5, 0.6) is 0 Å². The van der Waals surface area contributed by atoms with Gasteiger partial charge in [0.15, 0.2) is 12.4 Å². The molecule has 2 aromatic rings. The first-order valence-corrected chi connectivity index (χ1v) is 6.07. The van der Waals surface area contributed by atoms with Crippen LogP contribution in [0.1, 0.15) is 11.1 Å². The van der Waals surface area contributed by atoms with E-state index in [0.717, 1.165) is 16.8 Å². The van der Waals surface area contributed by atoms with Gasteiger partial charge in [-0.3, -0.25) is 0 Å². The molecular formula is C15H18N3O+. The molecule has 1 heterocycles. The summed E-state index contributed by atoms with van der Waals surface area (Å²) >= 11 is 0. The van der Waals surface area contributed by atoms with E-state index in [9.17, 15) is 5.21 Å². The van der Waals surface area contributed by atoms with Crippen LogP contribution in [0.2, 0.25) is 0 Å². The summed E-state index contributed by atoms with van der Waals surface area (Å²) in [6.45, 7) is 0. The first-order valence-electron chi connectivity index (χ1n) is 6.07. The highest BCUT2D eigenvalue weighted by molar-refractivity contribution is 6.12. The third kappa shape index (κ3) is 2.91. The Balaban J connectivity index is 2.35. The normalized spacial score (nSPS) is 11.4. The average Bonchev–Trinajstić information content (AvgIpc) is 2.42. The molecule has 0 aliphatic rings. The fraction of sp³-hybridized carbons (Fsp3) is 0.200. The maximum Gasteiger partial charge on any atom is 0.169 e. The summed E-state index contributed by atoms with van der Waals surface area (Å²) in [6, 6.07) is 11.8. The van der Waals surface area contributed by atoms with E-state index < -0.39 is 0 Å². The predicted molar refractivity (Wildman–Crippen MR) is 75.8 cm³/mol. The summed E-state index contributed by atoms with van der Waals surface area (Å²) in [6.07, 6.45) is 3.85. The molecule has 0 fully saturated rings. The molecule has 1 N–H and O–H groups in total. The van der Waals surface area contributed by atoms with Gasteiger partial charge >= 0.3 is 0 Å². The number of hydrogen-bond donors (Lipinski definition) is 1. The molecule has 0 amide bonds. The molecule has 0 unspecified atom stereocenters. The van der Waals surface area contributed by atoms with Gasteiger partial charge in [0.2, 0.25) is 0 Å². The number of oxime groups is 1. The van der Waals surface area contributed by atoms with Crippen molar-refractivity contribution in [3.8, 4) is 0 Å². The van der Waals surface area contributed by atoms with Crippen LogP contribution in [-0.2, 0) is 7.05 Å². The van der Waals surface area contributed by atoms with Gasteiger partial charge in [-0.15, -0.1) is 0 Å². The minimum atomic E-state index is 0.575. The molecule has 19 heavy (non-hydrogen) atoms. The highest BCUT2D eigenvalue weighted by Gasteiger charge is 2.09. The first-order chi connectivity index (χ1) is 9.11. The molecule has 0 atom stereocenters. The second-order valence-corrected chi connectivity index (χ2v) is 4.64. The molecule has 0 spiro atoms. The van der Waals surface area contributed by atoms with Crippen molar-refractivity contribution in [2.45, 2.75) is 0 Å². The topological polar surface area (TPSA) is 39.7 Å². The summed E-state index contributed by atoms with van der Waals surface area (Å²) < 4.78 is 1.94. The summed E-state index contributed by atoms with van der Waals surface area (Å²) in [5.74, 6) is 0. The van der Waals surface area contributed by atoms with Gasteiger partial charge in [-0.25, -0.2) is 4.57 Å². The summed E-state index contributed by atoms with van der Waals surface area (Å²) in [5, 5.41) is 12.7. The molecule has 0 aliphatic carbocycles. The Morgan fingerprint density at radius 1 is 1.00 bits per heavy atom. The van der Waals surface area contributed by atoms with Gasteiger partial charge in [0.1, 0.15) is 12.8 Å². The SMILES string of the molecule is CN(C)c1ccc(/C(=N/O)c2cc[n+](C)cc2)cc1. The third-order valence-electron chi connectivity index (χ3n) is 3.01. The molecule has 1 aromatic heterocycles. The molecule has 0 aliphatic heterocycles. The Labute approximate surface area is 113 Å². The van der Waals surface area contributed by atoms with Gasteiger partial charge in [-0.1, -0.05) is 17.3 Å². The lowest BCUT2D eigenvalue weighted by Crippen LogP contribution is -2.26. The minimum absolute atomic E-state index is 0.575. The Kier molecular flexibility index (Phi) is 3.80. The molecule has 0 saturated heterocycles. The van der Waals surface area contributed by atoms with Crippen molar-refractivity contribution < 1.29 is 9.77 Å². The maximum absolute atomic E-state index is 9.25. The molecule has 2 rings (SSSR count). The number of pyridine rings is 1. The second-order valence-electron chi connectivity index (χ2n) is 4.64. The van der Waals surface area contributed by atoms with Crippen molar-refractivity contribution >= 4 is 11.4 Å². The van der Waals surface area contributed by atoms with Gasteiger partial charge in [-0.2, -0.15) is 0 Å². The minimum Gasteiger partial charge on any atom is -0.410 e. The Bertz CT molecular complexity index is 571. The van der Waals surface area contributed by atoms with Gasteiger partial charge < -0.3 is 10.1 Å². The zero-order chi connectivity index (χ0) is 13.8. The van der Waals surface area contributed by atoms with E-state index in [1.807, 2.05) is 79.4 Å². The number of benzene rings is 1. The molecule has 0 saturated carbocycles. The third-order valence-corrected chi connectivity index (χ3v) is 3.01. The van der Waals surface area contributed by atoms with Crippen LogP contribution in [0.3, 0.4) is 0 Å². The van der Waals surface area contributed by atoms with Gasteiger partial charge in [0.05, 0.1) is 0 Å². The number of rotatable bonds is 3. The van der Waals surface area contributed by atoms with Crippen LogP contribution in [0.4, 0.5) is 5.69 Å². The first kappa shape index (κ1) is 13.1. The molecule has 1 aromatic carbocycles. The Morgan fingerprint density at radius 3 is 2.00 bits per heavy atom. The fourth-order valence-corrected chi connectivity index (χ4v) is 1.86. The molecular weight excluding hydrogens is 238 g/mol. The predicted octanol–water partition coefficient (Wildman–Crippen LogP) is 1.80. The standard InChI is InChI=1S/C15H17N3O/c1-17(2)14-6-4-12(5-7-14)15(16-19)13-8-10-18(3)11-9-13/h4-11H,1-3H3/p+1. The van der Waals surface area contributed by atoms with E-state index >= 15 is 0 Å². The zero-order valence-corrected chi connectivity index (χ0v) is 11.4. The van der Waals surface area contributed by atoms with Crippen LogP contribution < -0.4 is 9.47 Å². The fourth-order valence-electron chi connectivity index (χ4n) is 1.86. The van der Waals surface area contributed by atoms with Crippen molar-refractivity contribution in [1.82, 2.24) is 0 Å². The number of hydrogen-bond acceptors (Lipinski definition) is 3. The maximum atomic E-state index is 9.25. The molecule has 0 radical (unpaired) electrons. The molecule has 4 nitrogen and oxygen atoms in total. The molecule has 4 heteroatoms. The van der Waals surface area contributed by atoms with Crippen LogP contribution in [-0.4, -0.2) is 25.0 Å². The van der Waals surface area contributed by atoms with E-state index in [1.165, 1.54) is 0 Å². The molecule has 98 valence electrons. The monoisotopic (exact) mass is 256 g/mol. The number of nitrogens with zero attached hydrogens (tertiary/aromatic N) is 3. The van der Waals surface area contributed by atoms with Crippen molar-refractivity contribution in [2.75, 3.05) is 19.0 Å². The molecule has 0 bridgehead atoms. The lowest BCUT2D eigenvalue weighted by atomic mass is 10.0. The van der Waals surface area contributed by atoms with Crippen LogP contribution >= 0.6 is 0 Å². The van der Waals surface area contributed by atoms with Crippen LogP contribution in [0.15, 0.2) is 53.9 Å². The van der Waals surface area contributed by atoms with E-state index in [1.54, 1.807) is 0 Å². The van der Waals surface area contributed by atoms with Crippen molar-refractivity contribution in [2.24, 2.45) is 12.2 Å². The largest absolute Gasteiger partial charge is 0.410 e.